The number of benzene rings is 1. The molecule has 1 aromatic heterocycles. The Balaban J connectivity index is 1.77. The number of rotatable bonds is 2. The lowest BCUT2D eigenvalue weighted by molar-refractivity contribution is 0.423. The predicted molar refractivity (Wildman–Crippen MR) is 81.6 cm³/mol. The Labute approximate surface area is 120 Å². The molecule has 0 atom stereocenters. The molecule has 0 bridgehead atoms. The molecule has 20 heavy (non-hydrogen) atoms. The van der Waals surface area contributed by atoms with Gasteiger partial charge in [0.25, 0.3) is 0 Å². The first-order valence-electron chi connectivity index (χ1n) is 7.93. The molecule has 0 saturated heterocycles. The van der Waals surface area contributed by atoms with Crippen LogP contribution in [0.1, 0.15) is 62.3 Å². The van der Waals surface area contributed by atoms with E-state index in [1.807, 2.05) is 0 Å². The van der Waals surface area contributed by atoms with Gasteiger partial charge < -0.3 is 10.3 Å². The number of nitrogens with two attached hydrogens (primary N) is 1. The van der Waals surface area contributed by atoms with E-state index < -0.39 is 0 Å². The van der Waals surface area contributed by atoms with Gasteiger partial charge in [-0.1, -0.05) is 25.3 Å². The molecule has 0 amide bonds. The second-order valence-corrected chi connectivity index (χ2v) is 6.72. The van der Waals surface area contributed by atoms with E-state index in [4.69, 9.17) is 10.7 Å². The lowest BCUT2D eigenvalue weighted by Gasteiger charge is -2.21. The molecule has 0 radical (unpaired) electrons. The zero-order valence-electron chi connectivity index (χ0n) is 12.2. The minimum Gasteiger partial charge on any atom is -0.331 e. The van der Waals surface area contributed by atoms with Crippen molar-refractivity contribution in [2.45, 2.75) is 56.4 Å². The smallest absolute Gasteiger partial charge is 0.112 e. The van der Waals surface area contributed by atoms with E-state index in [2.05, 4.69) is 29.8 Å². The van der Waals surface area contributed by atoms with Crippen molar-refractivity contribution in [3.63, 3.8) is 0 Å². The van der Waals surface area contributed by atoms with E-state index in [0.29, 0.717) is 5.92 Å². The third-order valence-corrected chi connectivity index (χ3v) is 5.25. The minimum atomic E-state index is -0.0521. The predicted octanol–water partition coefficient (Wildman–Crippen LogP) is 3.57. The number of imidazole rings is 1. The maximum absolute atomic E-state index is 6.33. The standard InChI is InChI=1S/C17H23N3/c1-20-15-11-13(17(18)9-10-17)7-8-14(15)19-16(20)12-5-3-2-4-6-12/h7-8,11-12H,2-6,9-10,18H2,1H3. The Morgan fingerprint density at radius 2 is 1.95 bits per heavy atom. The molecule has 3 nitrogen and oxygen atoms in total. The lowest BCUT2D eigenvalue weighted by atomic mass is 9.89. The first-order chi connectivity index (χ1) is 9.67. The maximum Gasteiger partial charge on any atom is 0.112 e. The Bertz CT molecular complexity index is 646. The van der Waals surface area contributed by atoms with Gasteiger partial charge in [-0.2, -0.15) is 0 Å². The normalized spacial score (nSPS) is 22.3. The zero-order chi connectivity index (χ0) is 13.7. The van der Waals surface area contributed by atoms with Crippen LogP contribution in [0.25, 0.3) is 11.0 Å². The molecule has 1 heterocycles. The first-order valence-corrected chi connectivity index (χ1v) is 7.93. The van der Waals surface area contributed by atoms with Crippen LogP contribution in [0.5, 0.6) is 0 Å². The van der Waals surface area contributed by atoms with Crippen molar-refractivity contribution in [2.75, 3.05) is 0 Å². The van der Waals surface area contributed by atoms with Crippen LogP contribution in [0.3, 0.4) is 0 Å². The molecular weight excluding hydrogens is 246 g/mol. The molecular formula is C17H23N3. The van der Waals surface area contributed by atoms with Gasteiger partial charge in [-0.05, 0) is 43.4 Å². The van der Waals surface area contributed by atoms with Crippen LogP contribution in [0.4, 0.5) is 0 Å². The summed E-state index contributed by atoms with van der Waals surface area (Å²) in [5.74, 6) is 1.93. The highest BCUT2D eigenvalue weighted by atomic mass is 15.1. The molecule has 2 aliphatic carbocycles. The fourth-order valence-corrected chi connectivity index (χ4v) is 3.67. The van der Waals surface area contributed by atoms with Crippen molar-refractivity contribution in [3.8, 4) is 0 Å². The third kappa shape index (κ3) is 1.87. The maximum atomic E-state index is 6.33. The summed E-state index contributed by atoms with van der Waals surface area (Å²) >= 11 is 0. The van der Waals surface area contributed by atoms with Gasteiger partial charge >= 0.3 is 0 Å². The Kier molecular flexibility index (Phi) is 2.68. The molecule has 106 valence electrons. The molecule has 2 aromatic rings. The number of aromatic nitrogens is 2. The van der Waals surface area contributed by atoms with Gasteiger partial charge in [-0.3, -0.25) is 0 Å². The van der Waals surface area contributed by atoms with E-state index in [9.17, 15) is 0 Å². The number of hydrogen-bond acceptors (Lipinski definition) is 2. The van der Waals surface area contributed by atoms with Crippen LogP contribution in [-0.4, -0.2) is 9.55 Å². The second kappa shape index (κ2) is 4.32. The SMILES string of the molecule is Cn1c(C2CCCCC2)nc2ccc(C3(N)CC3)cc21. The molecule has 2 N–H and O–H groups in total. The van der Waals surface area contributed by atoms with Crippen molar-refractivity contribution in [1.82, 2.24) is 9.55 Å². The molecule has 4 rings (SSSR count). The van der Waals surface area contributed by atoms with Gasteiger partial charge in [-0.25, -0.2) is 4.98 Å². The second-order valence-electron chi connectivity index (χ2n) is 6.72. The van der Waals surface area contributed by atoms with Crippen LogP contribution in [0.2, 0.25) is 0 Å². The highest BCUT2D eigenvalue weighted by Gasteiger charge is 2.40. The van der Waals surface area contributed by atoms with Gasteiger partial charge in [0.2, 0.25) is 0 Å². The van der Waals surface area contributed by atoms with E-state index >= 15 is 0 Å². The van der Waals surface area contributed by atoms with Crippen molar-refractivity contribution in [2.24, 2.45) is 12.8 Å². The quantitative estimate of drug-likeness (QED) is 0.905. The van der Waals surface area contributed by atoms with Crippen molar-refractivity contribution in [3.05, 3.63) is 29.6 Å². The first kappa shape index (κ1) is 12.4. The Hall–Kier alpha value is -1.35. The van der Waals surface area contributed by atoms with Crippen LogP contribution < -0.4 is 5.73 Å². The van der Waals surface area contributed by atoms with E-state index in [0.717, 1.165) is 18.4 Å². The van der Waals surface area contributed by atoms with Gasteiger partial charge in [0, 0.05) is 18.5 Å². The molecule has 2 fully saturated rings. The van der Waals surface area contributed by atoms with Crippen LogP contribution in [-0.2, 0) is 12.6 Å². The Morgan fingerprint density at radius 3 is 2.65 bits per heavy atom. The van der Waals surface area contributed by atoms with Crippen molar-refractivity contribution >= 4 is 11.0 Å². The van der Waals surface area contributed by atoms with Crippen molar-refractivity contribution < 1.29 is 0 Å². The van der Waals surface area contributed by atoms with Crippen LogP contribution >= 0.6 is 0 Å². The zero-order valence-corrected chi connectivity index (χ0v) is 12.2. The topological polar surface area (TPSA) is 43.8 Å². The van der Waals surface area contributed by atoms with Gasteiger partial charge in [0.15, 0.2) is 0 Å². The molecule has 0 unspecified atom stereocenters. The summed E-state index contributed by atoms with van der Waals surface area (Å²) in [6, 6.07) is 6.60. The summed E-state index contributed by atoms with van der Waals surface area (Å²) in [6.45, 7) is 0. The fraction of sp³-hybridized carbons (Fsp3) is 0.588. The minimum absolute atomic E-state index is 0.0521. The summed E-state index contributed by atoms with van der Waals surface area (Å²) in [5.41, 5.74) is 9.93. The van der Waals surface area contributed by atoms with Gasteiger partial charge in [0.1, 0.15) is 5.82 Å². The van der Waals surface area contributed by atoms with Crippen LogP contribution in [0.15, 0.2) is 18.2 Å². The fourth-order valence-electron chi connectivity index (χ4n) is 3.67. The molecule has 1 aromatic carbocycles. The molecule has 2 saturated carbocycles. The van der Waals surface area contributed by atoms with E-state index in [-0.39, 0.29) is 5.54 Å². The summed E-state index contributed by atoms with van der Waals surface area (Å²) in [7, 11) is 2.17. The van der Waals surface area contributed by atoms with Gasteiger partial charge in [-0.15, -0.1) is 0 Å². The average molecular weight is 269 g/mol. The number of fused-ring (bicyclic) bond motifs is 1. The van der Waals surface area contributed by atoms with Gasteiger partial charge in [0.05, 0.1) is 11.0 Å². The highest BCUT2D eigenvalue weighted by molar-refractivity contribution is 5.77. The Morgan fingerprint density at radius 1 is 1.20 bits per heavy atom. The number of nitrogens with zero attached hydrogens (tertiary/aromatic N) is 2. The monoisotopic (exact) mass is 269 g/mol. The summed E-state index contributed by atoms with van der Waals surface area (Å²) in [5, 5.41) is 0. The molecule has 0 aliphatic heterocycles. The number of hydrogen-bond donors (Lipinski definition) is 1. The van der Waals surface area contributed by atoms with Crippen molar-refractivity contribution in [1.29, 1.82) is 0 Å². The number of aryl methyl sites for hydroxylation is 1. The lowest BCUT2D eigenvalue weighted by Crippen LogP contribution is -2.18. The molecule has 2 aliphatic rings. The summed E-state index contributed by atoms with van der Waals surface area (Å²) in [4.78, 5) is 4.90. The molecule has 3 heteroatoms. The largest absolute Gasteiger partial charge is 0.331 e. The average Bonchev–Trinajstić information content (AvgIpc) is 3.15. The highest BCUT2D eigenvalue weighted by Crippen LogP contribution is 2.43. The van der Waals surface area contributed by atoms with Crippen LogP contribution in [0, 0.1) is 0 Å². The summed E-state index contributed by atoms with van der Waals surface area (Å²) in [6.07, 6.45) is 8.92. The summed E-state index contributed by atoms with van der Waals surface area (Å²) < 4.78 is 2.31. The third-order valence-electron chi connectivity index (χ3n) is 5.25. The molecule has 0 spiro atoms. The van der Waals surface area contributed by atoms with E-state index in [1.165, 1.54) is 49.0 Å². The van der Waals surface area contributed by atoms with E-state index in [1.54, 1.807) is 0 Å².